The Bertz CT molecular complexity index is 963. The molecular formula is C18H11ClN2. The fourth-order valence-corrected chi connectivity index (χ4v) is 2.79. The van der Waals surface area contributed by atoms with Crippen molar-refractivity contribution in [1.29, 1.82) is 0 Å². The summed E-state index contributed by atoms with van der Waals surface area (Å²) in [6, 6.07) is 20.0. The summed E-state index contributed by atoms with van der Waals surface area (Å²) in [6.07, 6.45) is 1.85. The van der Waals surface area contributed by atoms with Gasteiger partial charge in [-0.25, -0.2) is 9.97 Å². The van der Waals surface area contributed by atoms with Crippen LogP contribution in [0.15, 0.2) is 66.9 Å². The van der Waals surface area contributed by atoms with Crippen LogP contribution in [0.2, 0.25) is 5.02 Å². The third-order valence-corrected chi connectivity index (χ3v) is 3.87. The van der Waals surface area contributed by atoms with Crippen molar-refractivity contribution >= 4 is 33.3 Å². The van der Waals surface area contributed by atoms with Crippen molar-refractivity contribution in [2.75, 3.05) is 0 Å². The highest BCUT2D eigenvalue weighted by Gasteiger charge is 2.07. The summed E-state index contributed by atoms with van der Waals surface area (Å²) < 4.78 is 0. The molecule has 0 saturated carbocycles. The van der Waals surface area contributed by atoms with E-state index >= 15 is 0 Å². The molecular weight excluding hydrogens is 280 g/mol. The molecule has 3 heteroatoms. The topological polar surface area (TPSA) is 25.8 Å². The van der Waals surface area contributed by atoms with Crippen molar-refractivity contribution in [3.63, 3.8) is 0 Å². The zero-order valence-electron chi connectivity index (χ0n) is 11.1. The van der Waals surface area contributed by atoms with Crippen molar-refractivity contribution in [3.05, 3.63) is 71.9 Å². The Morgan fingerprint density at radius 2 is 1.57 bits per heavy atom. The van der Waals surface area contributed by atoms with Crippen molar-refractivity contribution < 1.29 is 0 Å². The van der Waals surface area contributed by atoms with Gasteiger partial charge in [0.05, 0.1) is 5.52 Å². The number of fused-ring (bicyclic) bond motifs is 2. The highest BCUT2D eigenvalue weighted by atomic mass is 35.5. The maximum absolute atomic E-state index is 6.37. The zero-order valence-corrected chi connectivity index (χ0v) is 11.9. The minimum atomic E-state index is 0.696. The fourth-order valence-electron chi connectivity index (χ4n) is 2.50. The van der Waals surface area contributed by atoms with Gasteiger partial charge in [0.15, 0.2) is 5.82 Å². The van der Waals surface area contributed by atoms with E-state index in [0.717, 1.165) is 32.3 Å². The minimum absolute atomic E-state index is 0.696. The Labute approximate surface area is 127 Å². The van der Waals surface area contributed by atoms with Gasteiger partial charge in [-0.1, -0.05) is 54.1 Å². The van der Waals surface area contributed by atoms with E-state index in [9.17, 15) is 0 Å². The summed E-state index contributed by atoms with van der Waals surface area (Å²) >= 11 is 6.37. The molecule has 0 amide bonds. The molecule has 0 atom stereocenters. The molecule has 21 heavy (non-hydrogen) atoms. The molecule has 0 spiro atoms. The molecule has 0 bridgehead atoms. The van der Waals surface area contributed by atoms with Crippen LogP contribution in [0.3, 0.4) is 0 Å². The van der Waals surface area contributed by atoms with Crippen molar-refractivity contribution in [2.24, 2.45) is 0 Å². The molecule has 0 aliphatic carbocycles. The van der Waals surface area contributed by atoms with E-state index in [-0.39, 0.29) is 0 Å². The maximum Gasteiger partial charge on any atom is 0.159 e. The first-order chi connectivity index (χ1) is 10.3. The average molecular weight is 291 g/mol. The second-order valence-electron chi connectivity index (χ2n) is 4.93. The normalized spacial score (nSPS) is 11.1. The quantitative estimate of drug-likeness (QED) is 0.487. The van der Waals surface area contributed by atoms with Crippen LogP contribution in [0.1, 0.15) is 0 Å². The van der Waals surface area contributed by atoms with Crippen LogP contribution in [-0.4, -0.2) is 9.97 Å². The Kier molecular flexibility index (Phi) is 2.83. The lowest BCUT2D eigenvalue weighted by atomic mass is 10.1. The Morgan fingerprint density at radius 1 is 0.810 bits per heavy atom. The summed E-state index contributed by atoms with van der Waals surface area (Å²) in [4.78, 5) is 9.08. The van der Waals surface area contributed by atoms with Gasteiger partial charge in [-0.05, 0) is 23.6 Å². The molecule has 3 aromatic carbocycles. The van der Waals surface area contributed by atoms with Gasteiger partial charge in [-0.3, -0.25) is 0 Å². The molecule has 4 aromatic rings. The zero-order chi connectivity index (χ0) is 14.2. The number of hydrogen-bond acceptors (Lipinski definition) is 2. The summed E-state index contributed by atoms with van der Waals surface area (Å²) in [7, 11) is 0. The van der Waals surface area contributed by atoms with Gasteiger partial charge in [-0.2, -0.15) is 0 Å². The van der Waals surface area contributed by atoms with Gasteiger partial charge in [-0.15, -0.1) is 0 Å². The van der Waals surface area contributed by atoms with E-state index in [4.69, 9.17) is 11.6 Å². The van der Waals surface area contributed by atoms with Crippen LogP contribution in [0.25, 0.3) is 33.1 Å². The lowest BCUT2D eigenvalue weighted by Crippen LogP contribution is -1.90. The smallest absolute Gasteiger partial charge is 0.159 e. The molecule has 0 aliphatic rings. The first-order valence-corrected chi connectivity index (χ1v) is 7.09. The molecule has 0 saturated heterocycles. The summed E-state index contributed by atoms with van der Waals surface area (Å²) in [5.41, 5.74) is 1.87. The van der Waals surface area contributed by atoms with Gasteiger partial charge in [0.1, 0.15) is 0 Å². The number of para-hydroxylation sites is 1. The van der Waals surface area contributed by atoms with Crippen LogP contribution in [-0.2, 0) is 0 Å². The number of benzene rings is 3. The maximum atomic E-state index is 6.37. The number of nitrogens with zero attached hydrogens (tertiary/aromatic N) is 2. The highest BCUT2D eigenvalue weighted by Crippen LogP contribution is 2.29. The van der Waals surface area contributed by atoms with Crippen LogP contribution in [0.5, 0.6) is 0 Å². The largest absolute Gasteiger partial charge is 0.236 e. The Balaban J connectivity index is 1.95. The Morgan fingerprint density at radius 3 is 2.48 bits per heavy atom. The molecule has 0 aliphatic heterocycles. The second-order valence-corrected chi connectivity index (χ2v) is 5.34. The van der Waals surface area contributed by atoms with Crippen LogP contribution >= 0.6 is 11.6 Å². The number of aromatic nitrogens is 2. The van der Waals surface area contributed by atoms with E-state index in [1.807, 2.05) is 60.8 Å². The van der Waals surface area contributed by atoms with Gasteiger partial charge in [0, 0.05) is 27.6 Å². The second kappa shape index (κ2) is 4.83. The molecule has 0 unspecified atom stereocenters. The third kappa shape index (κ3) is 2.14. The SMILES string of the molecule is Clc1cc(-c2ncc3ccccc3n2)cc2ccccc12. The summed E-state index contributed by atoms with van der Waals surface area (Å²) in [5, 5.41) is 3.90. The van der Waals surface area contributed by atoms with Crippen LogP contribution in [0, 0.1) is 0 Å². The molecule has 100 valence electrons. The molecule has 0 N–H and O–H groups in total. The first-order valence-electron chi connectivity index (χ1n) is 6.72. The number of rotatable bonds is 1. The monoisotopic (exact) mass is 290 g/mol. The summed E-state index contributed by atoms with van der Waals surface area (Å²) in [6.45, 7) is 0. The van der Waals surface area contributed by atoms with E-state index in [2.05, 4.69) is 16.0 Å². The molecule has 1 heterocycles. The van der Waals surface area contributed by atoms with Crippen molar-refractivity contribution in [1.82, 2.24) is 9.97 Å². The lowest BCUT2D eigenvalue weighted by molar-refractivity contribution is 1.23. The molecule has 2 nitrogen and oxygen atoms in total. The molecule has 1 aromatic heterocycles. The van der Waals surface area contributed by atoms with Gasteiger partial charge < -0.3 is 0 Å². The van der Waals surface area contributed by atoms with E-state index < -0.39 is 0 Å². The molecule has 4 rings (SSSR count). The standard InChI is InChI=1S/C18H11ClN2/c19-16-10-14(9-12-5-1-3-7-15(12)16)18-20-11-13-6-2-4-8-17(13)21-18/h1-11H. The van der Waals surface area contributed by atoms with Gasteiger partial charge in [0.2, 0.25) is 0 Å². The van der Waals surface area contributed by atoms with Crippen LogP contribution in [0.4, 0.5) is 0 Å². The predicted octanol–water partition coefficient (Wildman–Crippen LogP) is 5.10. The first kappa shape index (κ1) is 12.3. The fraction of sp³-hybridized carbons (Fsp3) is 0. The van der Waals surface area contributed by atoms with E-state index in [1.165, 1.54) is 0 Å². The number of halogens is 1. The van der Waals surface area contributed by atoms with Gasteiger partial charge >= 0.3 is 0 Å². The van der Waals surface area contributed by atoms with Crippen LogP contribution < -0.4 is 0 Å². The lowest BCUT2D eigenvalue weighted by Gasteiger charge is -2.06. The summed E-state index contributed by atoms with van der Waals surface area (Å²) in [5.74, 6) is 0.696. The minimum Gasteiger partial charge on any atom is -0.236 e. The highest BCUT2D eigenvalue weighted by molar-refractivity contribution is 6.35. The van der Waals surface area contributed by atoms with E-state index in [1.54, 1.807) is 0 Å². The van der Waals surface area contributed by atoms with Crippen molar-refractivity contribution in [2.45, 2.75) is 0 Å². The number of hydrogen-bond donors (Lipinski definition) is 0. The molecule has 0 radical (unpaired) electrons. The van der Waals surface area contributed by atoms with E-state index in [0.29, 0.717) is 5.82 Å². The third-order valence-electron chi connectivity index (χ3n) is 3.56. The average Bonchev–Trinajstić information content (AvgIpc) is 2.54. The molecule has 0 fully saturated rings. The predicted molar refractivity (Wildman–Crippen MR) is 87.5 cm³/mol. The Hall–Kier alpha value is -2.45. The van der Waals surface area contributed by atoms with Crippen molar-refractivity contribution in [3.8, 4) is 11.4 Å². The van der Waals surface area contributed by atoms with Gasteiger partial charge in [0.25, 0.3) is 0 Å².